The van der Waals surface area contributed by atoms with Crippen LogP contribution < -0.4 is 0 Å². The summed E-state index contributed by atoms with van der Waals surface area (Å²) in [5.74, 6) is 0. The Morgan fingerprint density at radius 1 is 1.08 bits per heavy atom. The molecule has 1 rings (SSSR count). The van der Waals surface area contributed by atoms with Gasteiger partial charge in [0.1, 0.15) is 0 Å². The summed E-state index contributed by atoms with van der Waals surface area (Å²) in [6.07, 6.45) is 8.38. The van der Waals surface area contributed by atoms with E-state index in [2.05, 4.69) is 51.7 Å². The van der Waals surface area contributed by atoms with Gasteiger partial charge in [0.15, 0.2) is 0 Å². The predicted octanol–water partition coefficient (Wildman–Crippen LogP) is 3.63. The van der Waals surface area contributed by atoms with E-state index < -0.39 is 0 Å². The standard InChI is InChI=1S/C12H16/c1-10-6-5-7-11(9-8-10)12(2,3)4/h6-9H,1-4H3. The van der Waals surface area contributed by atoms with E-state index in [4.69, 9.17) is 0 Å². The molecule has 1 aliphatic rings. The highest BCUT2D eigenvalue weighted by Gasteiger charge is 2.13. The summed E-state index contributed by atoms with van der Waals surface area (Å²) >= 11 is 0. The topological polar surface area (TPSA) is 0 Å². The molecule has 0 spiro atoms. The third-order valence-corrected chi connectivity index (χ3v) is 1.94. The molecule has 12 heavy (non-hydrogen) atoms. The first-order valence-corrected chi connectivity index (χ1v) is 4.32. The Hall–Kier alpha value is -1.00. The molecule has 0 aromatic heterocycles. The second-order valence-electron chi connectivity index (χ2n) is 4.24. The van der Waals surface area contributed by atoms with Crippen LogP contribution in [0.5, 0.6) is 0 Å². The minimum absolute atomic E-state index is 0.224. The molecular formula is C12H16. The van der Waals surface area contributed by atoms with Crippen molar-refractivity contribution in [2.45, 2.75) is 27.7 Å². The Kier molecular flexibility index (Phi) is 2.40. The number of rotatable bonds is 0. The molecule has 1 aliphatic carbocycles. The molecule has 0 radical (unpaired) electrons. The van der Waals surface area contributed by atoms with Crippen molar-refractivity contribution in [2.75, 3.05) is 0 Å². The fourth-order valence-electron chi connectivity index (χ4n) is 1.05. The van der Waals surface area contributed by atoms with Crippen LogP contribution in [0.2, 0.25) is 0 Å². The molecule has 0 aromatic carbocycles. The lowest BCUT2D eigenvalue weighted by Crippen LogP contribution is -2.06. The molecule has 0 atom stereocenters. The quantitative estimate of drug-likeness (QED) is 0.475. The molecule has 0 saturated carbocycles. The highest BCUT2D eigenvalue weighted by molar-refractivity contribution is 5.35. The second-order valence-corrected chi connectivity index (χ2v) is 4.24. The van der Waals surface area contributed by atoms with Gasteiger partial charge in [-0.05, 0) is 35.6 Å². The first kappa shape index (κ1) is 9.09. The Balaban J connectivity index is 3.04. The van der Waals surface area contributed by atoms with E-state index >= 15 is 0 Å². The van der Waals surface area contributed by atoms with E-state index in [9.17, 15) is 0 Å². The average molecular weight is 160 g/mol. The highest BCUT2D eigenvalue weighted by Crippen LogP contribution is 2.26. The summed E-state index contributed by atoms with van der Waals surface area (Å²) < 4.78 is 0. The molecule has 0 heterocycles. The zero-order valence-corrected chi connectivity index (χ0v) is 8.31. The molecule has 0 amide bonds. The van der Waals surface area contributed by atoms with E-state index in [0.29, 0.717) is 0 Å². The molecule has 0 aromatic rings. The van der Waals surface area contributed by atoms with Crippen LogP contribution in [0.1, 0.15) is 27.7 Å². The van der Waals surface area contributed by atoms with Gasteiger partial charge < -0.3 is 0 Å². The van der Waals surface area contributed by atoms with Crippen molar-refractivity contribution in [2.24, 2.45) is 5.41 Å². The van der Waals surface area contributed by atoms with E-state index in [1.807, 2.05) is 6.08 Å². The van der Waals surface area contributed by atoms with Gasteiger partial charge in [-0.3, -0.25) is 0 Å². The van der Waals surface area contributed by atoms with Crippen molar-refractivity contribution < 1.29 is 0 Å². The SMILES string of the molecule is CC1=CC=C(C(C)(C)C)C=C=C1. The molecule has 0 unspecified atom stereocenters. The fourth-order valence-corrected chi connectivity index (χ4v) is 1.05. The Labute approximate surface area is 75.0 Å². The van der Waals surface area contributed by atoms with Gasteiger partial charge in [-0.25, -0.2) is 0 Å². The van der Waals surface area contributed by atoms with Crippen LogP contribution in [0.25, 0.3) is 0 Å². The van der Waals surface area contributed by atoms with E-state index in [1.165, 1.54) is 11.1 Å². The fraction of sp³-hybridized carbons (Fsp3) is 0.417. The van der Waals surface area contributed by atoms with Crippen molar-refractivity contribution in [1.82, 2.24) is 0 Å². The number of hydrogen-bond acceptors (Lipinski definition) is 0. The predicted molar refractivity (Wildman–Crippen MR) is 53.9 cm³/mol. The summed E-state index contributed by atoms with van der Waals surface area (Å²) in [5, 5.41) is 0. The second kappa shape index (κ2) is 3.16. The minimum atomic E-state index is 0.224. The van der Waals surface area contributed by atoms with Crippen LogP contribution in [0.3, 0.4) is 0 Å². The van der Waals surface area contributed by atoms with Crippen molar-refractivity contribution in [3.63, 3.8) is 0 Å². The summed E-state index contributed by atoms with van der Waals surface area (Å²) in [4.78, 5) is 0. The van der Waals surface area contributed by atoms with Crippen LogP contribution in [-0.2, 0) is 0 Å². The molecule has 0 fully saturated rings. The summed E-state index contributed by atoms with van der Waals surface area (Å²) in [7, 11) is 0. The maximum Gasteiger partial charge on any atom is -0.0126 e. The van der Waals surface area contributed by atoms with Crippen LogP contribution >= 0.6 is 0 Å². The first-order valence-electron chi connectivity index (χ1n) is 4.32. The molecule has 0 heteroatoms. The zero-order chi connectivity index (χ0) is 9.19. The van der Waals surface area contributed by atoms with Gasteiger partial charge in [0, 0.05) is 0 Å². The average Bonchev–Trinajstić information content (AvgIpc) is 2.11. The van der Waals surface area contributed by atoms with Gasteiger partial charge in [0.25, 0.3) is 0 Å². The van der Waals surface area contributed by atoms with Crippen LogP contribution in [0.4, 0.5) is 0 Å². The van der Waals surface area contributed by atoms with Crippen molar-refractivity contribution in [1.29, 1.82) is 0 Å². The van der Waals surface area contributed by atoms with Gasteiger partial charge in [-0.1, -0.05) is 32.9 Å². The van der Waals surface area contributed by atoms with Gasteiger partial charge in [0.05, 0.1) is 0 Å². The van der Waals surface area contributed by atoms with Gasteiger partial charge in [0.2, 0.25) is 0 Å². The maximum absolute atomic E-state index is 3.17. The summed E-state index contributed by atoms with van der Waals surface area (Å²) in [6.45, 7) is 8.73. The number of allylic oxidation sites excluding steroid dienone is 5. The third-order valence-electron chi connectivity index (χ3n) is 1.94. The molecule has 0 nitrogen and oxygen atoms in total. The zero-order valence-electron chi connectivity index (χ0n) is 8.31. The molecule has 0 N–H and O–H groups in total. The van der Waals surface area contributed by atoms with Gasteiger partial charge in [-0.15, -0.1) is 5.73 Å². The van der Waals surface area contributed by atoms with E-state index in [-0.39, 0.29) is 5.41 Å². The Morgan fingerprint density at radius 3 is 2.33 bits per heavy atom. The lowest BCUT2D eigenvalue weighted by atomic mass is 9.86. The normalized spacial score (nSPS) is 17.0. The smallest absolute Gasteiger partial charge is 0.0126 e. The summed E-state index contributed by atoms with van der Waals surface area (Å²) in [6, 6.07) is 0. The van der Waals surface area contributed by atoms with Gasteiger partial charge in [-0.2, -0.15) is 0 Å². The summed E-state index contributed by atoms with van der Waals surface area (Å²) in [5.41, 5.74) is 5.98. The van der Waals surface area contributed by atoms with Gasteiger partial charge >= 0.3 is 0 Å². The molecule has 0 aliphatic heterocycles. The first-order chi connectivity index (χ1) is 5.50. The molecule has 0 saturated heterocycles. The van der Waals surface area contributed by atoms with Crippen LogP contribution in [0, 0.1) is 5.41 Å². The van der Waals surface area contributed by atoms with Crippen molar-refractivity contribution >= 4 is 0 Å². The Morgan fingerprint density at radius 2 is 1.75 bits per heavy atom. The van der Waals surface area contributed by atoms with Crippen LogP contribution in [0.15, 0.2) is 41.2 Å². The van der Waals surface area contributed by atoms with E-state index in [0.717, 1.165) is 0 Å². The highest BCUT2D eigenvalue weighted by atomic mass is 14.2. The minimum Gasteiger partial charge on any atom is -0.120 e. The monoisotopic (exact) mass is 160 g/mol. The largest absolute Gasteiger partial charge is 0.120 e. The van der Waals surface area contributed by atoms with Crippen molar-refractivity contribution in [3.05, 3.63) is 41.2 Å². The van der Waals surface area contributed by atoms with Crippen molar-refractivity contribution in [3.8, 4) is 0 Å². The Bertz CT molecular complexity index is 286. The lowest BCUT2D eigenvalue weighted by Gasteiger charge is -2.18. The lowest BCUT2D eigenvalue weighted by molar-refractivity contribution is 0.517. The molecular weight excluding hydrogens is 144 g/mol. The van der Waals surface area contributed by atoms with E-state index in [1.54, 1.807) is 0 Å². The van der Waals surface area contributed by atoms with Crippen LogP contribution in [-0.4, -0.2) is 0 Å². The molecule has 0 bridgehead atoms. The number of hydrogen-bond donors (Lipinski definition) is 0. The maximum atomic E-state index is 3.17. The third kappa shape index (κ3) is 2.25. The molecule has 64 valence electrons.